The predicted octanol–water partition coefficient (Wildman–Crippen LogP) is 1.88. The molecule has 2 heterocycles. The first-order valence-corrected chi connectivity index (χ1v) is 8.20. The number of methoxy groups -OCH3 is 3. The molecule has 0 radical (unpaired) electrons. The number of carbonyl (C=O) groups is 3. The molecular weight excluding hydrogens is 352 g/mol. The average molecular weight is 368 g/mol. The van der Waals surface area contributed by atoms with E-state index in [4.69, 9.17) is 18.9 Å². The van der Waals surface area contributed by atoms with Gasteiger partial charge >= 0.3 is 11.9 Å². The average Bonchev–Trinajstić information content (AvgIpc) is 3.03. The Balaban J connectivity index is 2.09. The minimum absolute atomic E-state index is 0.174. The molecule has 2 aromatic rings. The topological polar surface area (TPSA) is 88.1 Å². The van der Waals surface area contributed by atoms with Gasteiger partial charge in [-0.3, -0.25) is 4.79 Å². The fourth-order valence-electron chi connectivity index (χ4n) is 3.76. The van der Waals surface area contributed by atoms with Gasteiger partial charge in [-0.25, -0.2) is 9.59 Å². The van der Waals surface area contributed by atoms with Crippen LogP contribution in [-0.4, -0.2) is 45.2 Å². The lowest BCUT2D eigenvalue weighted by Crippen LogP contribution is -2.42. The standard InChI is InChI=1S/C20H16O7/c1-24-18(22)14-15(19(23)25-2)20(26-3)13-9-11-7-5-4-6-10(11)8-12(13)16(21)17(14)27-20/h4-9,17H,1-3H3. The van der Waals surface area contributed by atoms with Gasteiger partial charge in [-0.05, 0) is 22.9 Å². The number of ether oxygens (including phenoxy) is 4. The summed E-state index contributed by atoms with van der Waals surface area (Å²) in [5.74, 6) is -3.84. The minimum atomic E-state index is -1.73. The maximum absolute atomic E-state index is 13.1. The zero-order valence-corrected chi connectivity index (χ0v) is 14.9. The Hall–Kier alpha value is -3.03. The molecule has 2 unspecified atom stereocenters. The largest absolute Gasteiger partial charge is 0.466 e. The zero-order valence-electron chi connectivity index (χ0n) is 14.9. The van der Waals surface area contributed by atoms with Gasteiger partial charge in [0.05, 0.1) is 19.8 Å². The fraction of sp³-hybridized carbons (Fsp3) is 0.250. The third kappa shape index (κ3) is 2.19. The van der Waals surface area contributed by atoms with Crippen LogP contribution in [0.2, 0.25) is 0 Å². The first kappa shape index (κ1) is 17.4. The lowest BCUT2D eigenvalue weighted by atomic mass is 9.89. The number of hydrogen-bond donors (Lipinski definition) is 0. The highest BCUT2D eigenvalue weighted by molar-refractivity contribution is 6.16. The molecule has 27 heavy (non-hydrogen) atoms. The van der Waals surface area contributed by atoms with Gasteiger partial charge < -0.3 is 18.9 Å². The summed E-state index contributed by atoms with van der Waals surface area (Å²) < 4.78 is 21.1. The Labute approximate surface area is 154 Å². The van der Waals surface area contributed by atoms with Crippen LogP contribution in [0.3, 0.4) is 0 Å². The van der Waals surface area contributed by atoms with Gasteiger partial charge in [0, 0.05) is 18.2 Å². The van der Waals surface area contributed by atoms with Gasteiger partial charge in [0.1, 0.15) is 5.57 Å². The first-order valence-electron chi connectivity index (χ1n) is 8.20. The summed E-state index contributed by atoms with van der Waals surface area (Å²) in [5, 5.41) is 1.68. The molecule has 138 valence electrons. The summed E-state index contributed by atoms with van der Waals surface area (Å²) in [6.45, 7) is 0. The highest BCUT2D eigenvalue weighted by Gasteiger charge is 2.61. The Morgan fingerprint density at radius 3 is 2.22 bits per heavy atom. The van der Waals surface area contributed by atoms with Crippen molar-refractivity contribution in [2.24, 2.45) is 0 Å². The number of carbonyl (C=O) groups excluding carboxylic acids is 3. The van der Waals surface area contributed by atoms with Crippen molar-refractivity contribution in [3.8, 4) is 0 Å². The van der Waals surface area contributed by atoms with E-state index < -0.39 is 29.6 Å². The molecule has 7 nitrogen and oxygen atoms in total. The van der Waals surface area contributed by atoms with Crippen LogP contribution < -0.4 is 0 Å². The smallest absolute Gasteiger partial charge is 0.340 e. The Morgan fingerprint density at radius 1 is 1.00 bits per heavy atom. The second-order valence-electron chi connectivity index (χ2n) is 6.20. The van der Waals surface area contributed by atoms with Gasteiger partial charge in [-0.15, -0.1) is 0 Å². The molecule has 2 aromatic carbocycles. The Kier molecular flexibility index (Phi) is 3.87. The van der Waals surface area contributed by atoms with E-state index in [9.17, 15) is 14.4 Å². The lowest BCUT2D eigenvalue weighted by molar-refractivity contribution is -0.207. The van der Waals surface area contributed by atoms with Gasteiger partial charge in [-0.1, -0.05) is 24.3 Å². The number of rotatable bonds is 3. The number of ketones is 1. The highest BCUT2D eigenvalue weighted by Crippen LogP contribution is 2.51. The lowest BCUT2D eigenvalue weighted by Gasteiger charge is -2.35. The summed E-state index contributed by atoms with van der Waals surface area (Å²) in [6.07, 6.45) is -1.31. The number of benzene rings is 2. The summed E-state index contributed by atoms with van der Waals surface area (Å²) in [4.78, 5) is 38.1. The molecule has 0 spiro atoms. The maximum Gasteiger partial charge on any atom is 0.340 e. The molecule has 7 heteroatoms. The second-order valence-corrected chi connectivity index (χ2v) is 6.20. The van der Waals surface area contributed by atoms with Crippen molar-refractivity contribution < 1.29 is 33.3 Å². The van der Waals surface area contributed by atoms with E-state index in [2.05, 4.69) is 0 Å². The SMILES string of the molecule is COC(=O)C1=C(C(=O)OC)C2(OC)OC1C(=O)c1cc3ccccc3cc12. The van der Waals surface area contributed by atoms with Crippen LogP contribution in [-0.2, 0) is 34.3 Å². The van der Waals surface area contributed by atoms with E-state index in [1.54, 1.807) is 12.1 Å². The summed E-state index contributed by atoms with van der Waals surface area (Å²) in [7, 11) is 3.69. The third-order valence-corrected chi connectivity index (χ3v) is 4.97. The molecule has 4 rings (SSSR count). The number of hydrogen-bond acceptors (Lipinski definition) is 7. The monoisotopic (exact) mass is 368 g/mol. The molecular formula is C20H16O7. The van der Waals surface area contributed by atoms with Gasteiger partial charge in [0.2, 0.25) is 5.79 Å². The van der Waals surface area contributed by atoms with Crippen molar-refractivity contribution in [2.45, 2.75) is 11.9 Å². The molecule has 0 saturated heterocycles. The highest BCUT2D eigenvalue weighted by atomic mass is 16.7. The van der Waals surface area contributed by atoms with E-state index in [1.165, 1.54) is 14.2 Å². The van der Waals surface area contributed by atoms with Crippen LogP contribution in [0, 0.1) is 0 Å². The summed E-state index contributed by atoms with van der Waals surface area (Å²) >= 11 is 0. The van der Waals surface area contributed by atoms with Gasteiger partial charge in [0.25, 0.3) is 0 Å². The first-order chi connectivity index (χ1) is 13.0. The molecule has 2 aliphatic rings. The van der Waals surface area contributed by atoms with E-state index in [-0.39, 0.29) is 11.1 Å². The maximum atomic E-state index is 13.1. The molecule has 2 atom stereocenters. The number of fused-ring (bicyclic) bond motifs is 5. The molecule has 0 fully saturated rings. The third-order valence-electron chi connectivity index (χ3n) is 4.97. The van der Waals surface area contributed by atoms with Crippen molar-refractivity contribution in [1.82, 2.24) is 0 Å². The molecule has 0 aromatic heterocycles. The zero-order chi connectivity index (χ0) is 19.3. The van der Waals surface area contributed by atoms with Crippen LogP contribution in [0.25, 0.3) is 10.8 Å². The van der Waals surface area contributed by atoms with Crippen LogP contribution in [0.4, 0.5) is 0 Å². The molecule has 0 amide bonds. The minimum Gasteiger partial charge on any atom is -0.466 e. The van der Waals surface area contributed by atoms with Gasteiger partial charge in [-0.2, -0.15) is 0 Å². The fourth-order valence-corrected chi connectivity index (χ4v) is 3.76. The normalized spacial score (nSPS) is 23.4. The van der Waals surface area contributed by atoms with Crippen molar-refractivity contribution in [3.05, 3.63) is 58.7 Å². The molecule has 0 saturated carbocycles. The van der Waals surface area contributed by atoms with E-state index in [0.717, 1.165) is 17.9 Å². The second kappa shape index (κ2) is 6.00. The number of esters is 2. The molecule has 0 N–H and O–H groups in total. The molecule has 0 aliphatic carbocycles. The van der Waals surface area contributed by atoms with Crippen LogP contribution in [0.5, 0.6) is 0 Å². The van der Waals surface area contributed by atoms with E-state index in [0.29, 0.717) is 11.1 Å². The van der Waals surface area contributed by atoms with E-state index >= 15 is 0 Å². The van der Waals surface area contributed by atoms with Crippen LogP contribution >= 0.6 is 0 Å². The summed E-state index contributed by atoms with van der Waals surface area (Å²) in [5.41, 5.74) is 0.305. The number of Topliss-reactive ketones (excluding diaryl/α,β-unsaturated/α-hetero) is 1. The molecule has 2 bridgehead atoms. The van der Waals surface area contributed by atoms with Crippen molar-refractivity contribution in [3.63, 3.8) is 0 Å². The van der Waals surface area contributed by atoms with Crippen LogP contribution in [0.1, 0.15) is 15.9 Å². The molecule has 2 aliphatic heterocycles. The predicted molar refractivity (Wildman–Crippen MR) is 92.9 cm³/mol. The summed E-state index contributed by atoms with van der Waals surface area (Å²) in [6, 6.07) is 10.9. The van der Waals surface area contributed by atoms with Crippen molar-refractivity contribution >= 4 is 28.5 Å². The Morgan fingerprint density at radius 2 is 1.63 bits per heavy atom. The Bertz CT molecular complexity index is 1040. The van der Waals surface area contributed by atoms with Crippen LogP contribution in [0.15, 0.2) is 47.5 Å². The van der Waals surface area contributed by atoms with Crippen molar-refractivity contribution in [1.29, 1.82) is 0 Å². The quantitative estimate of drug-likeness (QED) is 0.764. The van der Waals surface area contributed by atoms with Gasteiger partial charge in [0.15, 0.2) is 11.9 Å². The van der Waals surface area contributed by atoms with E-state index in [1.807, 2.05) is 24.3 Å². The van der Waals surface area contributed by atoms with Crippen molar-refractivity contribution in [2.75, 3.05) is 21.3 Å².